The highest BCUT2D eigenvalue weighted by molar-refractivity contribution is 6.30. The molecule has 3 nitrogen and oxygen atoms in total. The molecule has 0 bridgehead atoms. The maximum atomic E-state index is 13.7. The van der Waals surface area contributed by atoms with Crippen molar-refractivity contribution in [3.05, 3.63) is 64.6 Å². The molecule has 2 heterocycles. The largest absolute Gasteiger partial charge is 0.473 e. The molecule has 0 unspecified atom stereocenters. The third kappa shape index (κ3) is 3.64. The van der Waals surface area contributed by atoms with Gasteiger partial charge in [-0.15, -0.1) is 0 Å². The Labute approximate surface area is 133 Å². The zero-order valence-corrected chi connectivity index (χ0v) is 12.7. The van der Waals surface area contributed by atoms with Crippen molar-refractivity contribution >= 4 is 17.2 Å². The Morgan fingerprint density at radius 3 is 2.95 bits per heavy atom. The van der Waals surface area contributed by atoms with E-state index >= 15 is 0 Å². The first kappa shape index (κ1) is 15.0. The smallest absolute Gasteiger partial charge is 0.214 e. The molecule has 0 radical (unpaired) electrons. The van der Waals surface area contributed by atoms with Gasteiger partial charge in [-0.1, -0.05) is 29.8 Å². The van der Waals surface area contributed by atoms with Crippen LogP contribution in [0, 0.1) is 5.82 Å². The number of halogens is 2. The fourth-order valence-electron chi connectivity index (χ4n) is 2.32. The van der Waals surface area contributed by atoms with Crippen LogP contribution in [-0.2, 0) is 6.61 Å². The summed E-state index contributed by atoms with van der Waals surface area (Å²) in [7, 11) is 0. The maximum absolute atomic E-state index is 13.7. The van der Waals surface area contributed by atoms with Gasteiger partial charge in [0.1, 0.15) is 12.4 Å². The molecule has 1 aromatic carbocycles. The van der Waals surface area contributed by atoms with Crippen LogP contribution >= 0.6 is 11.6 Å². The predicted molar refractivity (Wildman–Crippen MR) is 85.4 cm³/mol. The van der Waals surface area contributed by atoms with E-state index in [0.29, 0.717) is 16.5 Å². The van der Waals surface area contributed by atoms with Crippen LogP contribution in [0.4, 0.5) is 4.39 Å². The minimum atomic E-state index is -0.371. The van der Waals surface area contributed by atoms with Gasteiger partial charge in [0.05, 0.1) is 5.69 Å². The molecule has 0 aliphatic carbocycles. The number of benzene rings is 1. The predicted octanol–water partition coefficient (Wildman–Crippen LogP) is 3.83. The van der Waals surface area contributed by atoms with Crippen LogP contribution in [0.15, 0.2) is 42.5 Å². The van der Waals surface area contributed by atoms with Gasteiger partial charge < -0.3 is 10.1 Å². The van der Waals surface area contributed by atoms with Crippen LogP contribution < -0.4 is 10.1 Å². The Bertz CT molecular complexity index is 703. The molecule has 1 N–H and O–H groups in total. The summed E-state index contributed by atoms with van der Waals surface area (Å²) in [5.41, 5.74) is 2.58. The van der Waals surface area contributed by atoms with E-state index in [-0.39, 0.29) is 12.4 Å². The molecule has 22 heavy (non-hydrogen) atoms. The summed E-state index contributed by atoms with van der Waals surface area (Å²) in [5, 5.41) is 3.64. The first-order valence-corrected chi connectivity index (χ1v) is 7.54. The molecule has 0 amide bonds. The second-order valence-electron chi connectivity index (χ2n) is 5.07. The Kier molecular flexibility index (Phi) is 4.71. The molecule has 0 atom stereocenters. The maximum Gasteiger partial charge on any atom is 0.214 e. The molecule has 114 valence electrons. The van der Waals surface area contributed by atoms with E-state index in [1.54, 1.807) is 18.2 Å². The van der Waals surface area contributed by atoms with E-state index in [0.717, 1.165) is 25.2 Å². The van der Waals surface area contributed by atoms with Gasteiger partial charge in [0.2, 0.25) is 5.88 Å². The van der Waals surface area contributed by atoms with Gasteiger partial charge >= 0.3 is 0 Å². The van der Waals surface area contributed by atoms with E-state index in [9.17, 15) is 4.39 Å². The molecular formula is C17H16ClFN2O. The van der Waals surface area contributed by atoms with Crippen molar-refractivity contribution < 1.29 is 9.13 Å². The summed E-state index contributed by atoms with van der Waals surface area (Å²) < 4.78 is 19.3. The Morgan fingerprint density at radius 1 is 1.27 bits per heavy atom. The quantitative estimate of drug-likeness (QED) is 0.930. The summed E-state index contributed by atoms with van der Waals surface area (Å²) in [6.07, 6.45) is 3.08. The van der Waals surface area contributed by atoms with Crippen molar-refractivity contribution in [2.75, 3.05) is 13.1 Å². The first-order chi connectivity index (χ1) is 10.7. The molecule has 1 aliphatic rings. The summed E-state index contributed by atoms with van der Waals surface area (Å²) in [6.45, 7) is 1.94. The van der Waals surface area contributed by atoms with Crippen LogP contribution in [0.1, 0.15) is 17.7 Å². The highest BCUT2D eigenvalue weighted by Gasteiger charge is 2.09. The molecule has 0 fully saturated rings. The zero-order valence-electron chi connectivity index (χ0n) is 12.0. The lowest BCUT2D eigenvalue weighted by Gasteiger charge is -2.14. The highest BCUT2D eigenvalue weighted by Crippen LogP contribution is 2.21. The normalized spacial score (nSPS) is 14.5. The number of aromatic nitrogens is 1. The topological polar surface area (TPSA) is 34.1 Å². The van der Waals surface area contributed by atoms with Crippen LogP contribution in [-0.4, -0.2) is 18.1 Å². The number of nitrogens with zero attached hydrogens (tertiary/aromatic N) is 1. The van der Waals surface area contributed by atoms with Gasteiger partial charge in [0.25, 0.3) is 0 Å². The molecule has 0 saturated carbocycles. The monoisotopic (exact) mass is 318 g/mol. The third-order valence-corrected chi connectivity index (χ3v) is 3.74. The van der Waals surface area contributed by atoms with Gasteiger partial charge in [0, 0.05) is 23.2 Å². The minimum Gasteiger partial charge on any atom is -0.473 e. The van der Waals surface area contributed by atoms with E-state index in [4.69, 9.17) is 16.3 Å². The van der Waals surface area contributed by atoms with Crippen molar-refractivity contribution in [3.63, 3.8) is 0 Å². The van der Waals surface area contributed by atoms with Crippen molar-refractivity contribution in [1.82, 2.24) is 10.3 Å². The standard InChI is InChI=1S/C17H16ClFN2O/c18-14-5-4-13(15(19)10-14)11-22-17-3-1-2-16(21-17)12-6-8-20-9-7-12/h1-6,10,20H,7-9,11H2. The number of rotatable bonds is 4. The molecule has 1 aromatic heterocycles. The van der Waals surface area contributed by atoms with E-state index < -0.39 is 0 Å². The lowest BCUT2D eigenvalue weighted by atomic mass is 10.1. The van der Waals surface area contributed by atoms with E-state index in [1.807, 2.05) is 12.1 Å². The summed E-state index contributed by atoms with van der Waals surface area (Å²) in [4.78, 5) is 4.49. The molecule has 2 aromatic rings. The number of ether oxygens (including phenoxy) is 1. The molecule has 0 spiro atoms. The summed E-state index contributed by atoms with van der Waals surface area (Å²) >= 11 is 5.74. The Balaban J connectivity index is 1.71. The van der Waals surface area contributed by atoms with Gasteiger partial charge in [-0.2, -0.15) is 0 Å². The third-order valence-electron chi connectivity index (χ3n) is 3.51. The zero-order chi connectivity index (χ0) is 15.4. The van der Waals surface area contributed by atoms with Crippen molar-refractivity contribution in [1.29, 1.82) is 0 Å². The van der Waals surface area contributed by atoms with Gasteiger partial charge in [0.15, 0.2) is 0 Å². The highest BCUT2D eigenvalue weighted by atomic mass is 35.5. The molecule has 5 heteroatoms. The van der Waals surface area contributed by atoms with Gasteiger partial charge in [-0.3, -0.25) is 0 Å². The average molecular weight is 319 g/mol. The summed E-state index contributed by atoms with van der Waals surface area (Å²) in [6, 6.07) is 10.2. The fourth-order valence-corrected chi connectivity index (χ4v) is 2.48. The van der Waals surface area contributed by atoms with Crippen LogP contribution in [0.5, 0.6) is 5.88 Å². The molecule has 1 aliphatic heterocycles. The average Bonchev–Trinajstić information content (AvgIpc) is 2.55. The number of hydrogen-bond acceptors (Lipinski definition) is 3. The van der Waals surface area contributed by atoms with Crippen LogP contribution in [0.25, 0.3) is 5.57 Å². The Hall–Kier alpha value is -1.91. The first-order valence-electron chi connectivity index (χ1n) is 7.16. The second-order valence-corrected chi connectivity index (χ2v) is 5.51. The van der Waals surface area contributed by atoms with Crippen molar-refractivity contribution in [2.45, 2.75) is 13.0 Å². The fraction of sp³-hybridized carbons (Fsp3) is 0.235. The van der Waals surface area contributed by atoms with Crippen molar-refractivity contribution in [2.24, 2.45) is 0 Å². The second kappa shape index (κ2) is 6.90. The van der Waals surface area contributed by atoms with Gasteiger partial charge in [-0.25, -0.2) is 9.37 Å². The Morgan fingerprint density at radius 2 is 2.18 bits per heavy atom. The molecular weight excluding hydrogens is 303 g/mol. The SMILES string of the molecule is Fc1cc(Cl)ccc1COc1cccc(C2=CCNCC2)n1. The lowest BCUT2D eigenvalue weighted by Crippen LogP contribution is -2.20. The van der Waals surface area contributed by atoms with Gasteiger partial charge in [-0.05, 0) is 36.7 Å². The number of hydrogen-bond donors (Lipinski definition) is 1. The van der Waals surface area contributed by atoms with Crippen LogP contribution in [0.2, 0.25) is 5.02 Å². The number of pyridine rings is 1. The summed E-state index contributed by atoms with van der Waals surface area (Å²) in [5.74, 6) is 0.121. The van der Waals surface area contributed by atoms with E-state index in [1.165, 1.54) is 11.6 Å². The lowest BCUT2D eigenvalue weighted by molar-refractivity contribution is 0.288. The molecule has 0 saturated heterocycles. The van der Waals surface area contributed by atoms with E-state index in [2.05, 4.69) is 16.4 Å². The van der Waals surface area contributed by atoms with Crippen LogP contribution in [0.3, 0.4) is 0 Å². The number of nitrogens with one attached hydrogen (secondary N) is 1. The minimum absolute atomic E-state index is 0.125. The van der Waals surface area contributed by atoms with Crippen molar-refractivity contribution in [3.8, 4) is 5.88 Å². The molecule has 3 rings (SSSR count).